The van der Waals surface area contributed by atoms with Crippen LogP contribution in [-0.4, -0.2) is 11.2 Å². The highest BCUT2D eigenvalue weighted by Gasteiger charge is 2.59. The van der Waals surface area contributed by atoms with E-state index in [-0.39, 0.29) is 6.10 Å². The molecule has 4 rings (SSSR count). The molecule has 4 aliphatic carbocycles. The maximum Gasteiger partial charge on any atom is 0.0571 e. The summed E-state index contributed by atoms with van der Waals surface area (Å²) in [4.78, 5) is 0. The maximum atomic E-state index is 10.6. The molecule has 1 nitrogen and oxygen atoms in total. The molecule has 0 saturated heterocycles. The van der Waals surface area contributed by atoms with Crippen molar-refractivity contribution in [1.82, 2.24) is 0 Å². The standard InChI is InChI=1S/C21H36O/c1-13-9-18-16-6-5-15-10-14(2)19(22)12-21(15,4)17(16)7-8-20(18,3)11-13/h13-19,22H,5-12H2,1-4H3/t13?,14?,15?,16-,17-,18+,19?,20-,21+/m1/s1. The summed E-state index contributed by atoms with van der Waals surface area (Å²) in [5.41, 5.74) is 1.08. The summed E-state index contributed by atoms with van der Waals surface area (Å²) in [6, 6.07) is 0. The second-order valence-electron chi connectivity index (χ2n) is 10.4. The van der Waals surface area contributed by atoms with E-state index >= 15 is 0 Å². The van der Waals surface area contributed by atoms with Gasteiger partial charge in [-0.2, -0.15) is 0 Å². The summed E-state index contributed by atoms with van der Waals surface area (Å²) >= 11 is 0. The van der Waals surface area contributed by atoms with Gasteiger partial charge in [-0.05, 0) is 97.7 Å². The molecule has 0 amide bonds. The van der Waals surface area contributed by atoms with E-state index in [0.29, 0.717) is 16.7 Å². The summed E-state index contributed by atoms with van der Waals surface area (Å²) in [7, 11) is 0. The Morgan fingerprint density at radius 3 is 2.45 bits per heavy atom. The molecule has 4 aliphatic rings. The number of rotatable bonds is 0. The van der Waals surface area contributed by atoms with Gasteiger partial charge in [-0.15, -0.1) is 0 Å². The Hall–Kier alpha value is -0.0400. The van der Waals surface area contributed by atoms with Crippen LogP contribution < -0.4 is 0 Å². The minimum atomic E-state index is -0.0455. The van der Waals surface area contributed by atoms with Crippen LogP contribution in [0.15, 0.2) is 0 Å². The molecular formula is C21H36O. The molecule has 0 spiro atoms. The fourth-order valence-electron chi connectivity index (χ4n) is 7.92. The summed E-state index contributed by atoms with van der Waals surface area (Å²) < 4.78 is 0. The molecule has 1 heteroatoms. The summed E-state index contributed by atoms with van der Waals surface area (Å²) in [5, 5.41) is 10.6. The van der Waals surface area contributed by atoms with Gasteiger partial charge in [0.1, 0.15) is 0 Å². The summed E-state index contributed by atoms with van der Waals surface area (Å²) in [6.07, 6.45) is 11.1. The molecule has 0 aromatic heterocycles. The predicted molar refractivity (Wildman–Crippen MR) is 91.4 cm³/mol. The fraction of sp³-hybridized carbons (Fsp3) is 1.00. The van der Waals surface area contributed by atoms with Crippen molar-refractivity contribution >= 4 is 0 Å². The molecule has 9 atom stereocenters. The van der Waals surface area contributed by atoms with Crippen LogP contribution in [0.3, 0.4) is 0 Å². The Balaban J connectivity index is 1.63. The lowest BCUT2D eigenvalue weighted by Crippen LogP contribution is -2.54. The first-order valence-corrected chi connectivity index (χ1v) is 10.0. The van der Waals surface area contributed by atoms with Crippen LogP contribution in [0.25, 0.3) is 0 Å². The zero-order valence-electron chi connectivity index (χ0n) is 15.1. The zero-order valence-corrected chi connectivity index (χ0v) is 15.1. The second kappa shape index (κ2) is 4.98. The average molecular weight is 305 g/mol. The average Bonchev–Trinajstić information content (AvgIpc) is 2.75. The van der Waals surface area contributed by atoms with Crippen LogP contribution in [-0.2, 0) is 0 Å². The van der Waals surface area contributed by atoms with Crippen molar-refractivity contribution in [1.29, 1.82) is 0 Å². The van der Waals surface area contributed by atoms with Crippen LogP contribution >= 0.6 is 0 Å². The van der Waals surface area contributed by atoms with Gasteiger partial charge in [-0.25, -0.2) is 0 Å². The molecule has 4 unspecified atom stereocenters. The van der Waals surface area contributed by atoms with E-state index in [1.165, 1.54) is 44.9 Å². The fourth-order valence-corrected chi connectivity index (χ4v) is 7.92. The molecule has 4 fully saturated rings. The lowest BCUT2D eigenvalue weighted by Gasteiger charge is -2.61. The van der Waals surface area contributed by atoms with Crippen molar-refractivity contribution in [2.45, 2.75) is 85.2 Å². The Kier molecular flexibility index (Phi) is 3.50. The van der Waals surface area contributed by atoms with Gasteiger partial charge < -0.3 is 5.11 Å². The molecule has 0 heterocycles. The lowest BCUT2D eigenvalue weighted by molar-refractivity contribution is -0.137. The number of fused-ring (bicyclic) bond motifs is 5. The third-order valence-corrected chi connectivity index (χ3v) is 9.02. The Bertz CT molecular complexity index is 445. The van der Waals surface area contributed by atoms with E-state index in [0.717, 1.165) is 36.0 Å². The van der Waals surface area contributed by atoms with E-state index in [1.807, 2.05) is 0 Å². The molecular weight excluding hydrogens is 268 g/mol. The zero-order chi connectivity index (χ0) is 15.7. The molecule has 0 aromatic carbocycles. The highest BCUT2D eigenvalue weighted by molar-refractivity contribution is 5.08. The number of aliphatic hydroxyl groups excluding tert-OH is 1. The molecule has 4 saturated carbocycles. The molecule has 0 aliphatic heterocycles. The first-order valence-electron chi connectivity index (χ1n) is 10.0. The number of hydrogen-bond donors (Lipinski definition) is 1. The van der Waals surface area contributed by atoms with E-state index in [1.54, 1.807) is 0 Å². The molecule has 1 N–H and O–H groups in total. The number of aliphatic hydroxyl groups is 1. The van der Waals surface area contributed by atoms with Crippen molar-refractivity contribution in [3.63, 3.8) is 0 Å². The van der Waals surface area contributed by atoms with Gasteiger partial charge in [0, 0.05) is 0 Å². The van der Waals surface area contributed by atoms with Gasteiger partial charge >= 0.3 is 0 Å². The largest absolute Gasteiger partial charge is 0.393 e. The van der Waals surface area contributed by atoms with E-state index in [4.69, 9.17) is 0 Å². The summed E-state index contributed by atoms with van der Waals surface area (Å²) in [6.45, 7) is 9.92. The molecule has 0 radical (unpaired) electrons. The number of hydrogen-bond acceptors (Lipinski definition) is 1. The smallest absolute Gasteiger partial charge is 0.0571 e. The van der Waals surface area contributed by atoms with Gasteiger partial charge in [0.15, 0.2) is 0 Å². The quantitative estimate of drug-likeness (QED) is 0.646. The molecule has 126 valence electrons. The normalized spacial score (nSPS) is 61.2. The van der Waals surface area contributed by atoms with Crippen LogP contribution in [0.4, 0.5) is 0 Å². The second-order valence-corrected chi connectivity index (χ2v) is 10.4. The first kappa shape index (κ1) is 15.5. The topological polar surface area (TPSA) is 20.2 Å². The molecule has 22 heavy (non-hydrogen) atoms. The van der Waals surface area contributed by atoms with Gasteiger partial charge in [0.25, 0.3) is 0 Å². The van der Waals surface area contributed by atoms with Crippen molar-refractivity contribution < 1.29 is 5.11 Å². The van der Waals surface area contributed by atoms with Gasteiger partial charge in [-0.1, -0.05) is 27.7 Å². The Labute approximate surface area is 137 Å². The van der Waals surface area contributed by atoms with Gasteiger partial charge in [0.2, 0.25) is 0 Å². The van der Waals surface area contributed by atoms with E-state index < -0.39 is 0 Å². The van der Waals surface area contributed by atoms with Crippen molar-refractivity contribution in [3.05, 3.63) is 0 Å². The Morgan fingerprint density at radius 1 is 0.909 bits per heavy atom. The monoisotopic (exact) mass is 304 g/mol. The Morgan fingerprint density at radius 2 is 1.68 bits per heavy atom. The van der Waals surface area contributed by atoms with Crippen molar-refractivity contribution in [3.8, 4) is 0 Å². The van der Waals surface area contributed by atoms with Crippen LogP contribution in [0.5, 0.6) is 0 Å². The van der Waals surface area contributed by atoms with E-state index in [9.17, 15) is 5.11 Å². The lowest BCUT2D eigenvalue weighted by atomic mass is 9.44. The maximum absolute atomic E-state index is 10.6. The molecule has 0 aromatic rings. The van der Waals surface area contributed by atoms with Crippen LogP contribution in [0.1, 0.15) is 79.1 Å². The first-order chi connectivity index (χ1) is 10.3. The van der Waals surface area contributed by atoms with Crippen molar-refractivity contribution in [2.24, 2.45) is 46.3 Å². The highest BCUT2D eigenvalue weighted by atomic mass is 16.3. The third-order valence-electron chi connectivity index (χ3n) is 9.02. The minimum Gasteiger partial charge on any atom is -0.393 e. The minimum absolute atomic E-state index is 0.0455. The van der Waals surface area contributed by atoms with Crippen LogP contribution in [0, 0.1) is 46.3 Å². The molecule has 0 bridgehead atoms. The predicted octanol–water partition coefficient (Wildman–Crippen LogP) is 5.27. The van der Waals surface area contributed by atoms with Gasteiger partial charge in [0.05, 0.1) is 6.10 Å². The van der Waals surface area contributed by atoms with Crippen LogP contribution in [0.2, 0.25) is 0 Å². The van der Waals surface area contributed by atoms with Gasteiger partial charge in [-0.3, -0.25) is 0 Å². The van der Waals surface area contributed by atoms with Crippen molar-refractivity contribution in [2.75, 3.05) is 0 Å². The summed E-state index contributed by atoms with van der Waals surface area (Å²) in [5.74, 6) is 5.19. The van der Waals surface area contributed by atoms with E-state index in [2.05, 4.69) is 27.7 Å². The SMILES string of the molecule is CC1C[C@H]2[C@@H]3CCC4CC(C)C(O)C[C@]4(C)[C@@H]3CC[C@]2(C)C1. The highest BCUT2D eigenvalue weighted by Crippen LogP contribution is 2.67. The third kappa shape index (κ3) is 2.06.